The van der Waals surface area contributed by atoms with E-state index in [1.54, 1.807) is 43.3 Å². The molecule has 104 valence electrons. The molecular weight excluding hydrogens is 280 g/mol. The number of rotatable bonds is 4. The Bertz CT molecular complexity index is 777. The van der Waals surface area contributed by atoms with Gasteiger partial charge in [-0.2, -0.15) is 8.42 Å². The largest absolute Gasteiger partial charge is 0.366 e. The number of aryl methyl sites for hydroxylation is 1. The van der Waals surface area contributed by atoms with E-state index in [-0.39, 0.29) is 4.90 Å². The van der Waals surface area contributed by atoms with Crippen LogP contribution in [0.1, 0.15) is 5.56 Å². The Labute approximate surface area is 116 Å². The van der Waals surface area contributed by atoms with E-state index >= 15 is 0 Å². The van der Waals surface area contributed by atoms with Crippen LogP contribution in [0.5, 0.6) is 0 Å². The maximum Gasteiger partial charge on any atom is 0.366 e. The molecule has 2 rings (SSSR count). The minimum absolute atomic E-state index is 0.0209. The van der Waals surface area contributed by atoms with Crippen LogP contribution in [0.15, 0.2) is 53.9 Å². The van der Waals surface area contributed by atoms with Gasteiger partial charge in [0.05, 0.1) is 0 Å². The molecule has 0 aliphatic carbocycles. The number of carbonyl (C=O) groups is 1. The summed E-state index contributed by atoms with van der Waals surface area (Å²) in [7, 11) is -4.21. The molecule has 0 amide bonds. The Morgan fingerprint density at radius 1 is 1.20 bits per heavy atom. The van der Waals surface area contributed by atoms with Crippen LogP contribution in [0.2, 0.25) is 0 Å². The average Bonchev–Trinajstić information content (AvgIpc) is 2.44. The molecule has 0 heterocycles. The third-order valence-corrected chi connectivity index (χ3v) is 3.99. The lowest BCUT2D eigenvalue weighted by Gasteiger charge is -2.09. The average molecular weight is 292 g/mol. The van der Waals surface area contributed by atoms with Crippen molar-refractivity contribution in [3.8, 4) is 0 Å². The molecule has 0 aliphatic heterocycles. The fourth-order valence-electron chi connectivity index (χ4n) is 1.83. The van der Waals surface area contributed by atoms with E-state index in [1.165, 1.54) is 0 Å². The fourth-order valence-corrected chi connectivity index (χ4v) is 2.97. The summed E-state index contributed by atoms with van der Waals surface area (Å²) in [4.78, 5) is 15.1. The topological polar surface area (TPSA) is 69.7 Å². The van der Waals surface area contributed by atoms with Crippen molar-refractivity contribution in [3.63, 3.8) is 0 Å². The van der Waals surface area contributed by atoms with Crippen molar-refractivity contribution >= 4 is 26.9 Å². The normalized spacial score (nSPS) is 11.2. The Hall–Kier alpha value is -2.18. The Balaban J connectivity index is 2.53. The molecular formula is C14H12O5S. The summed E-state index contributed by atoms with van der Waals surface area (Å²) in [5.74, 6) is -0.980. The van der Waals surface area contributed by atoms with Crippen molar-refractivity contribution in [2.24, 2.45) is 0 Å². The second-order valence-corrected chi connectivity index (χ2v) is 5.51. The second-order valence-electron chi connectivity index (χ2n) is 4.06. The van der Waals surface area contributed by atoms with Gasteiger partial charge in [0, 0.05) is 11.5 Å². The van der Waals surface area contributed by atoms with Gasteiger partial charge in [-0.15, -0.1) is 0 Å². The minimum atomic E-state index is -4.21. The van der Waals surface area contributed by atoms with Crippen molar-refractivity contribution in [1.82, 2.24) is 0 Å². The number of fused-ring (bicyclic) bond motifs is 1. The Morgan fingerprint density at radius 3 is 2.60 bits per heavy atom. The van der Waals surface area contributed by atoms with E-state index in [4.69, 9.17) is 0 Å². The van der Waals surface area contributed by atoms with Crippen LogP contribution < -0.4 is 0 Å². The number of hydrogen-bond acceptors (Lipinski definition) is 5. The van der Waals surface area contributed by atoms with Gasteiger partial charge in [-0.1, -0.05) is 43.0 Å². The maximum atomic E-state index is 12.2. The second kappa shape index (κ2) is 5.44. The smallest absolute Gasteiger partial charge is 0.276 e. The third kappa shape index (κ3) is 2.71. The molecule has 0 aliphatic rings. The van der Waals surface area contributed by atoms with E-state index in [1.807, 2.05) is 0 Å². The monoisotopic (exact) mass is 292 g/mol. The molecule has 0 N–H and O–H groups in total. The highest BCUT2D eigenvalue weighted by molar-refractivity contribution is 7.87. The van der Waals surface area contributed by atoms with Crippen LogP contribution in [-0.4, -0.2) is 14.4 Å². The summed E-state index contributed by atoms with van der Waals surface area (Å²) in [5.41, 5.74) is 0.498. The molecule has 2 aromatic rings. The van der Waals surface area contributed by atoms with E-state index in [0.29, 0.717) is 10.9 Å². The highest BCUT2D eigenvalue weighted by Gasteiger charge is 2.23. The standard InChI is InChI=1S/C14H12O5S/c1-3-13(15)18-19-20(16,17)14-10(2)8-9-11-6-4-5-7-12(11)14/h3-9H,1H2,2H3. The van der Waals surface area contributed by atoms with Crippen molar-refractivity contribution in [2.75, 3.05) is 0 Å². The first-order valence-electron chi connectivity index (χ1n) is 5.71. The summed E-state index contributed by atoms with van der Waals surface area (Å²) in [6.45, 7) is 4.79. The molecule has 5 nitrogen and oxygen atoms in total. The van der Waals surface area contributed by atoms with E-state index in [0.717, 1.165) is 11.5 Å². The molecule has 20 heavy (non-hydrogen) atoms. The van der Waals surface area contributed by atoms with E-state index in [2.05, 4.69) is 15.8 Å². The highest BCUT2D eigenvalue weighted by atomic mass is 32.2. The Morgan fingerprint density at radius 2 is 1.90 bits per heavy atom. The van der Waals surface area contributed by atoms with Gasteiger partial charge in [-0.25, -0.2) is 4.79 Å². The lowest BCUT2D eigenvalue weighted by molar-refractivity contribution is -0.204. The molecule has 6 heteroatoms. The van der Waals surface area contributed by atoms with Crippen molar-refractivity contribution < 1.29 is 22.4 Å². The fraction of sp³-hybridized carbons (Fsp3) is 0.0714. The van der Waals surface area contributed by atoms with Crippen LogP contribution in [0.4, 0.5) is 0 Å². The summed E-state index contributed by atoms with van der Waals surface area (Å²) in [6, 6.07) is 10.4. The molecule has 0 saturated carbocycles. The van der Waals surface area contributed by atoms with Gasteiger partial charge >= 0.3 is 16.1 Å². The van der Waals surface area contributed by atoms with Crippen LogP contribution in [0, 0.1) is 6.92 Å². The zero-order valence-electron chi connectivity index (χ0n) is 10.7. The van der Waals surface area contributed by atoms with Gasteiger partial charge in [0.25, 0.3) is 0 Å². The van der Waals surface area contributed by atoms with Gasteiger partial charge in [0.15, 0.2) is 0 Å². The Kier molecular flexibility index (Phi) is 3.87. The first-order chi connectivity index (χ1) is 9.45. The van der Waals surface area contributed by atoms with Gasteiger partial charge in [-0.05, 0) is 22.2 Å². The van der Waals surface area contributed by atoms with Crippen LogP contribution >= 0.6 is 0 Å². The zero-order chi connectivity index (χ0) is 14.8. The minimum Gasteiger partial charge on any atom is -0.276 e. The molecule has 0 bridgehead atoms. The van der Waals surface area contributed by atoms with Crippen LogP contribution in [0.3, 0.4) is 0 Å². The van der Waals surface area contributed by atoms with Gasteiger partial charge in [0.2, 0.25) is 0 Å². The van der Waals surface area contributed by atoms with E-state index in [9.17, 15) is 13.2 Å². The first kappa shape index (κ1) is 14.2. The molecule has 0 saturated heterocycles. The predicted molar refractivity (Wildman–Crippen MR) is 73.2 cm³/mol. The summed E-state index contributed by atoms with van der Waals surface area (Å²) in [5, 5.41) is 1.25. The zero-order valence-corrected chi connectivity index (χ0v) is 11.5. The van der Waals surface area contributed by atoms with Gasteiger partial charge in [-0.3, -0.25) is 4.89 Å². The lowest BCUT2D eigenvalue weighted by Crippen LogP contribution is -2.12. The summed E-state index contributed by atoms with van der Waals surface area (Å²) >= 11 is 0. The number of carbonyl (C=O) groups excluding carboxylic acids is 1. The molecule has 2 aromatic carbocycles. The van der Waals surface area contributed by atoms with Crippen molar-refractivity contribution in [3.05, 3.63) is 54.6 Å². The molecule has 0 aromatic heterocycles. The molecule has 0 unspecified atom stereocenters. The number of benzene rings is 2. The number of hydrogen-bond donors (Lipinski definition) is 0. The summed E-state index contributed by atoms with van der Waals surface area (Å²) < 4.78 is 28.6. The first-order valence-corrected chi connectivity index (χ1v) is 7.12. The predicted octanol–water partition coefficient (Wildman–Crippen LogP) is 2.50. The van der Waals surface area contributed by atoms with Crippen LogP contribution in [0.25, 0.3) is 10.8 Å². The van der Waals surface area contributed by atoms with E-state index < -0.39 is 16.1 Å². The van der Waals surface area contributed by atoms with Gasteiger partial charge < -0.3 is 0 Å². The van der Waals surface area contributed by atoms with Crippen molar-refractivity contribution in [1.29, 1.82) is 0 Å². The maximum absolute atomic E-state index is 12.2. The van der Waals surface area contributed by atoms with Gasteiger partial charge in [0.1, 0.15) is 4.90 Å². The quantitative estimate of drug-likeness (QED) is 0.492. The molecule has 0 fully saturated rings. The molecule has 0 atom stereocenters. The van der Waals surface area contributed by atoms with Crippen molar-refractivity contribution in [2.45, 2.75) is 11.8 Å². The lowest BCUT2D eigenvalue weighted by atomic mass is 10.1. The molecule has 0 spiro atoms. The van der Waals surface area contributed by atoms with Crippen LogP contribution in [-0.2, 0) is 24.1 Å². The summed E-state index contributed by atoms with van der Waals surface area (Å²) in [6.07, 6.45) is 0.811. The highest BCUT2D eigenvalue weighted by Crippen LogP contribution is 2.27. The third-order valence-electron chi connectivity index (χ3n) is 2.70. The SMILES string of the molecule is C=CC(=O)OOS(=O)(=O)c1c(C)ccc2ccccc12. The molecule has 0 radical (unpaired) electrons.